The Morgan fingerprint density at radius 2 is 1.26 bits per heavy atom. The largest absolute Gasteiger partial charge is 0.385 e. The second-order valence-corrected chi connectivity index (χ2v) is 3.39. The van der Waals surface area contributed by atoms with E-state index in [1.54, 1.807) is 7.11 Å². The summed E-state index contributed by atoms with van der Waals surface area (Å²) in [7, 11) is 3.85. The fraction of sp³-hybridized carbons (Fsp3) is 1.00. The SMILES string of the molecule is CC.CC.CCC(F)F.CCOC.CN1CCCC1. The van der Waals surface area contributed by atoms with Crippen molar-refractivity contribution < 1.29 is 13.5 Å². The number of alkyl halides is 2. The van der Waals surface area contributed by atoms with Gasteiger partial charge in [-0.25, -0.2) is 8.78 Å². The molecule has 0 aliphatic carbocycles. The van der Waals surface area contributed by atoms with Crippen LogP contribution in [0.4, 0.5) is 8.78 Å². The van der Waals surface area contributed by atoms with Crippen molar-refractivity contribution in [1.82, 2.24) is 4.90 Å². The maximum atomic E-state index is 10.8. The highest BCUT2D eigenvalue weighted by Crippen LogP contribution is 2.02. The third-order valence-electron chi connectivity index (χ3n) is 1.93. The number of nitrogens with zero attached hydrogens (tertiary/aromatic N) is 1. The summed E-state index contributed by atoms with van der Waals surface area (Å²) < 4.78 is 26.1. The molecule has 0 radical (unpaired) electrons. The second kappa shape index (κ2) is 30.7. The summed E-state index contributed by atoms with van der Waals surface area (Å²) in [5.74, 6) is 0. The first kappa shape index (κ1) is 27.2. The maximum Gasteiger partial charge on any atom is 0.238 e. The molecule has 0 spiro atoms. The number of likely N-dealkylation sites (tertiary alicyclic amines) is 1. The molecule has 1 aliphatic heterocycles. The van der Waals surface area contributed by atoms with Crippen molar-refractivity contribution >= 4 is 0 Å². The van der Waals surface area contributed by atoms with Crippen LogP contribution in [0.25, 0.3) is 0 Å². The van der Waals surface area contributed by atoms with Crippen LogP contribution in [0.2, 0.25) is 0 Å². The highest BCUT2D eigenvalue weighted by molar-refractivity contribution is 4.59. The topological polar surface area (TPSA) is 12.5 Å². The lowest BCUT2D eigenvalue weighted by Crippen LogP contribution is -2.10. The molecule has 0 aromatic heterocycles. The normalized spacial score (nSPS) is 12.8. The molecule has 122 valence electrons. The van der Waals surface area contributed by atoms with Gasteiger partial charge in [0.15, 0.2) is 0 Å². The number of ether oxygens (including phenoxy) is 1. The molecule has 4 heteroatoms. The van der Waals surface area contributed by atoms with Gasteiger partial charge in [0, 0.05) is 20.1 Å². The van der Waals surface area contributed by atoms with Crippen molar-refractivity contribution in [3.8, 4) is 0 Å². The first-order valence-electron chi connectivity index (χ1n) is 7.54. The van der Waals surface area contributed by atoms with Gasteiger partial charge >= 0.3 is 0 Å². The van der Waals surface area contributed by atoms with Gasteiger partial charge < -0.3 is 9.64 Å². The van der Waals surface area contributed by atoms with Gasteiger partial charge in [0.2, 0.25) is 6.43 Å². The second-order valence-electron chi connectivity index (χ2n) is 3.39. The zero-order chi connectivity index (χ0) is 16.1. The van der Waals surface area contributed by atoms with Crippen molar-refractivity contribution in [3.05, 3.63) is 0 Å². The standard InChI is InChI=1S/C5H11N.C3H6F2.C3H8O.2C2H6/c1-6-4-2-3-5-6;1-2-3(4)5;1-3-4-2;2*1-2/h2-5H2,1H3;3H,2H2,1H3;3H2,1-2H3;2*1-2H3. The Bertz CT molecular complexity index is 106. The summed E-state index contributed by atoms with van der Waals surface area (Å²) in [6.45, 7) is 14.9. The first-order valence-corrected chi connectivity index (χ1v) is 7.54. The van der Waals surface area contributed by atoms with Crippen LogP contribution in [0.3, 0.4) is 0 Å². The Balaban J connectivity index is -0.0000000799. The summed E-state index contributed by atoms with van der Waals surface area (Å²) in [6.07, 6.45) is 0.683. The molecule has 0 saturated carbocycles. The molecule has 0 aromatic rings. The molecular formula is C15H37F2NO. The molecular weight excluding hydrogens is 248 g/mol. The zero-order valence-electron chi connectivity index (χ0n) is 14.4. The lowest BCUT2D eigenvalue weighted by Gasteiger charge is -2.01. The van der Waals surface area contributed by atoms with E-state index in [0.717, 1.165) is 6.61 Å². The van der Waals surface area contributed by atoms with E-state index >= 15 is 0 Å². The third kappa shape index (κ3) is 46.3. The number of rotatable bonds is 2. The van der Waals surface area contributed by atoms with Crippen molar-refractivity contribution in [2.45, 2.75) is 67.2 Å². The van der Waals surface area contributed by atoms with Crippen molar-refractivity contribution in [2.75, 3.05) is 33.9 Å². The Morgan fingerprint density at radius 1 is 1.00 bits per heavy atom. The van der Waals surface area contributed by atoms with Crippen molar-refractivity contribution in [3.63, 3.8) is 0 Å². The lowest BCUT2D eigenvalue weighted by molar-refractivity contribution is 0.144. The molecule has 1 fully saturated rings. The highest BCUT2D eigenvalue weighted by atomic mass is 19.3. The van der Waals surface area contributed by atoms with E-state index in [1.807, 2.05) is 34.6 Å². The molecule has 0 atom stereocenters. The van der Waals surface area contributed by atoms with E-state index in [1.165, 1.54) is 32.9 Å². The number of hydrogen-bond donors (Lipinski definition) is 0. The molecule has 2 nitrogen and oxygen atoms in total. The molecule has 0 N–H and O–H groups in total. The van der Waals surface area contributed by atoms with Gasteiger partial charge in [-0.2, -0.15) is 0 Å². The highest BCUT2D eigenvalue weighted by Gasteiger charge is 2.03. The zero-order valence-corrected chi connectivity index (χ0v) is 14.4. The fourth-order valence-corrected chi connectivity index (χ4v) is 0.875. The predicted octanol–water partition coefficient (Wildman–Crippen LogP) is 5.08. The maximum absolute atomic E-state index is 10.8. The van der Waals surface area contributed by atoms with E-state index in [2.05, 4.69) is 16.7 Å². The molecule has 19 heavy (non-hydrogen) atoms. The van der Waals surface area contributed by atoms with Crippen LogP contribution in [0.5, 0.6) is 0 Å². The van der Waals surface area contributed by atoms with Crippen LogP contribution < -0.4 is 0 Å². The van der Waals surface area contributed by atoms with Gasteiger partial charge in [0.05, 0.1) is 0 Å². The Morgan fingerprint density at radius 3 is 1.32 bits per heavy atom. The van der Waals surface area contributed by atoms with Gasteiger partial charge in [-0.3, -0.25) is 0 Å². The minimum absolute atomic E-state index is 0.0278. The molecule has 1 saturated heterocycles. The van der Waals surface area contributed by atoms with Crippen LogP contribution in [0, 0.1) is 0 Å². The number of methoxy groups -OCH3 is 1. The molecule has 0 bridgehead atoms. The lowest BCUT2D eigenvalue weighted by atomic mass is 10.4. The van der Waals surface area contributed by atoms with Crippen LogP contribution in [-0.2, 0) is 4.74 Å². The number of halogens is 2. The van der Waals surface area contributed by atoms with Crippen LogP contribution in [-0.4, -0.2) is 45.2 Å². The number of hydrogen-bond acceptors (Lipinski definition) is 2. The smallest absolute Gasteiger partial charge is 0.238 e. The van der Waals surface area contributed by atoms with Gasteiger partial charge in [0.25, 0.3) is 0 Å². The van der Waals surface area contributed by atoms with Crippen molar-refractivity contribution in [1.29, 1.82) is 0 Å². The molecule has 1 rings (SSSR count). The quantitative estimate of drug-likeness (QED) is 0.701. The van der Waals surface area contributed by atoms with E-state index < -0.39 is 6.43 Å². The fourth-order valence-electron chi connectivity index (χ4n) is 0.875. The Kier molecular flexibility index (Phi) is 43.8. The Hall–Kier alpha value is -0.220. The molecule has 0 amide bonds. The summed E-state index contributed by atoms with van der Waals surface area (Å²) in [5, 5.41) is 0. The van der Waals surface area contributed by atoms with E-state index in [-0.39, 0.29) is 6.42 Å². The predicted molar refractivity (Wildman–Crippen MR) is 83.3 cm³/mol. The molecule has 1 aliphatic rings. The van der Waals surface area contributed by atoms with E-state index in [4.69, 9.17) is 0 Å². The van der Waals surface area contributed by atoms with Crippen molar-refractivity contribution in [2.24, 2.45) is 0 Å². The summed E-state index contributed by atoms with van der Waals surface area (Å²) in [5.41, 5.74) is 0. The monoisotopic (exact) mass is 285 g/mol. The minimum atomic E-state index is -2.12. The third-order valence-corrected chi connectivity index (χ3v) is 1.93. The van der Waals surface area contributed by atoms with Crippen LogP contribution in [0.15, 0.2) is 0 Å². The first-order chi connectivity index (χ1) is 9.08. The average Bonchev–Trinajstić information content (AvgIpc) is 2.95. The summed E-state index contributed by atoms with van der Waals surface area (Å²) in [4.78, 5) is 2.36. The summed E-state index contributed by atoms with van der Waals surface area (Å²) in [6, 6.07) is 0. The van der Waals surface area contributed by atoms with Crippen LogP contribution in [0.1, 0.15) is 60.8 Å². The van der Waals surface area contributed by atoms with E-state index in [9.17, 15) is 8.78 Å². The van der Waals surface area contributed by atoms with Gasteiger partial charge in [-0.15, -0.1) is 0 Å². The Labute approximate surface area is 120 Å². The van der Waals surface area contributed by atoms with E-state index in [0.29, 0.717) is 0 Å². The molecule has 0 unspecified atom stereocenters. The average molecular weight is 285 g/mol. The van der Waals surface area contributed by atoms with Gasteiger partial charge in [0.1, 0.15) is 0 Å². The minimum Gasteiger partial charge on any atom is -0.385 e. The molecule has 0 aromatic carbocycles. The molecule has 1 heterocycles. The summed E-state index contributed by atoms with van der Waals surface area (Å²) >= 11 is 0. The van der Waals surface area contributed by atoms with Crippen LogP contribution >= 0.6 is 0 Å². The van der Waals surface area contributed by atoms with Gasteiger partial charge in [-0.05, 0) is 39.9 Å². The van der Waals surface area contributed by atoms with Gasteiger partial charge in [-0.1, -0.05) is 34.6 Å².